The van der Waals surface area contributed by atoms with Gasteiger partial charge in [0.1, 0.15) is 0 Å². The van der Waals surface area contributed by atoms with Crippen molar-refractivity contribution in [2.45, 2.75) is 26.9 Å². The molecule has 1 aromatic heterocycles. The molecule has 2 heteroatoms. The zero-order valence-electron chi connectivity index (χ0n) is 8.76. The number of hydrogen-bond acceptors (Lipinski definition) is 1. The third-order valence-electron chi connectivity index (χ3n) is 2.61. The maximum absolute atomic E-state index is 9.57. The molecule has 2 aromatic rings. The summed E-state index contributed by atoms with van der Waals surface area (Å²) in [6.07, 6.45) is 1.48. The van der Waals surface area contributed by atoms with Crippen LogP contribution in [0.15, 0.2) is 18.3 Å². The molecule has 1 atom stereocenters. The summed E-state index contributed by atoms with van der Waals surface area (Å²) in [5, 5.41) is 10.7. The lowest BCUT2D eigenvalue weighted by Crippen LogP contribution is -1.88. The molecule has 0 spiro atoms. The second-order valence-electron chi connectivity index (χ2n) is 3.92. The Morgan fingerprint density at radius 1 is 1.29 bits per heavy atom. The zero-order chi connectivity index (χ0) is 10.3. The maximum Gasteiger partial charge on any atom is 0.0782 e. The minimum Gasteiger partial charge on any atom is -0.389 e. The van der Waals surface area contributed by atoms with Crippen LogP contribution < -0.4 is 0 Å². The van der Waals surface area contributed by atoms with Gasteiger partial charge in [-0.1, -0.05) is 11.6 Å². The Balaban J connectivity index is 2.78. The Morgan fingerprint density at radius 3 is 2.64 bits per heavy atom. The highest BCUT2D eigenvalue weighted by Gasteiger charge is 2.09. The van der Waals surface area contributed by atoms with Gasteiger partial charge in [0.2, 0.25) is 0 Å². The predicted octanol–water partition coefficient (Wildman–Crippen LogP) is 2.84. The van der Waals surface area contributed by atoms with E-state index in [1.165, 1.54) is 11.1 Å². The fourth-order valence-corrected chi connectivity index (χ4v) is 1.96. The molecule has 74 valence electrons. The molecule has 1 aromatic carbocycles. The van der Waals surface area contributed by atoms with E-state index < -0.39 is 6.10 Å². The first kappa shape index (κ1) is 9.28. The van der Waals surface area contributed by atoms with Crippen LogP contribution >= 0.6 is 0 Å². The smallest absolute Gasteiger partial charge is 0.0782 e. The van der Waals surface area contributed by atoms with E-state index in [0.717, 1.165) is 16.5 Å². The van der Waals surface area contributed by atoms with Gasteiger partial charge in [0.25, 0.3) is 0 Å². The standard InChI is InChI=1S/C12H15NO/c1-7-4-8(2)12-10(5-7)11(6-13-12)9(3)14/h4-6,9,13-14H,1-3H3. The van der Waals surface area contributed by atoms with Crippen LogP contribution in [0.5, 0.6) is 0 Å². The van der Waals surface area contributed by atoms with Gasteiger partial charge in [-0.15, -0.1) is 0 Å². The van der Waals surface area contributed by atoms with Gasteiger partial charge >= 0.3 is 0 Å². The Bertz CT molecular complexity index is 468. The second kappa shape index (κ2) is 3.14. The maximum atomic E-state index is 9.57. The monoisotopic (exact) mass is 189 g/mol. The first-order valence-electron chi connectivity index (χ1n) is 4.86. The number of rotatable bonds is 1. The number of aliphatic hydroxyl groups excluding tert-OH is 1. The van der Waals surface area contributed by atoms with Gasteiger partial charge in [-0.05, 0) is 32.4 Å². The summed E-state index contributed by atoms with van der Waals surface area (Å²) in [7, 11) is 0. The summed E-state index contributed by atoms with van der Waals surface area (Å²) in [5.41, 5.74) is 4.57. The van der Waals surface area contributed by atoms with Gasteiger partial charge in [0.15, 0.2) is 0 Å². The number of H-pyrrole nitrogens is 1. The molecule has 2 N–H and O–H groups in total. The Labute approximate surface area is 83.6 Å². The molecular weight excluding hydrogens is 174 g/mol. The lowest BCUT2D eigenvalue weighted by atomic mass is 10.0. The van der Waals surface area contributed by atoms with Crippen molar-refractivity contribution in [3.05, 3.63) is 35.0 Å². The number of aromatic amines is 1. The highest BCUT2D eigenvalue weighted by molar-refractivity contribution is 5.86. The number of benzene rings is 1. The topological polar surface area (TPSA) is 36.0 Å². The van der Waals surface area contributed by atoms with Crippen molar-refractivity contribution in [1.29, 1.82) is 0 Å². The molecule has 0 fully saturated rings. The molecule has 0 saturated carbocycles. The molecule has 0 bridgehead atoms. The number of nitrogens with one attached hydrogen (secondary N) is 1. The van der Waals surface area contributed by atoms with E-state index >= 15 is 0 Å². The summed E-state index contributed by atoms with van der Waals surface area (Å²) in [5.74, 6) is 0. The molecule has 0 saturated heterocycles. The number of aryl methyl sites for hydroxylation is 2. The first-order chi connectivity index (χ1) is 6.59. The lowest BCUT2D eigenvalue weighted by molar-refractivity contribution is 0.201. The van der Waals surface area contributed by atoms with Crippen molar-refractivity contribution in [2.24, 2.45) is 0 Å². The van der Waals surface area contributed by atoms with Crippen molar-refractivity contribution in [3.8, 4) is 0 Å². The van der Waals surface area contributed by atoms with E-state index in [-0.39, 0.29) is 0 Å². The predicted molar refractivity (Wildman–Crippen MR) is 58.4 cm³/mol. The van der Waals surface area contributed by atoms with Crippen molar-refractivity contribution >= 4 is 10.9 Å². The molecule has 14 heavy (non-hydrogen) atoms. The summed E-state index contributed by atoms with van der Waals surface area (Å²) < 4.78 is 0. The molecule has 0 aliphatic carbocycles. The van der Waals surface area contributed by atoms with Crippen LogP contribution in [0.1, 0.15) is 29.7 Å². The van der Waals surface area contributed by atoms with Crippen molar-refractivity contribution < 1.29 is 5.11 Å². The van der Waals surface area contributed by atoms with Crippen LogP contribution in [-0.2, 0) is 0 Å². The normalized spacial score (nSPS) is 13.4. The van der Waals surface area contributed by atoms with Gasteiger partial charge in [-0.2, -0.15) is 0 Å². The van der Waals surface area contributed by atoms with E-state index in [0.29, 0.717) is 0 Å². The van der Waals surface area contributed by atoms with Gasteiger partial charge in [-0.3, -0.25) is 0 Å². The third-order valence-corrected chi connectivity index (χ3v) is 2.61. The minimum absolute atomic E-state index is 0.412. The van der Waals surface area contributed by atoms with Crippen LogP contribution in [0, 0.1) is 13.8 Å². The highest BCUT2D eigenvalue weighted by Crippen LogP contribution is 2.27. The van der Waals surface area contributed by atoms with E-state index in [9.17, 15) is 5.11 Å². The van der Waals surface area contributed by atoms with Crippen molar-refractivity contribution in [2.75, 3.05) is 0 Å². The first-order valence-corrected chi connectivity index (χ1v) is 4.86. The molecular formula is C12H15NO. The molecule has 1 unspecified atom stereocenters. The molecule has 0 radical (unpaired) electrons. The van der Waals surface area contributed by atoms with E-state index in [4.69, 9.17) is 0 Å². The number of aliphatic hydroxyl groups is 1. The average molecular weight is 189 g/mol. The van der Waals surface area contributed by atoms with Crippen molar-refractivity contribution in [3.63, 3.8) is 0 Å². The van der Waals surface area contributed by atoms with E-state index in [1.54, 1.807) is 6.92 Å². The Kier molecular flexibility index (Phi) is 2.08. The summed E-state index contributed by atoms with van der Waals surface area (Å²) >= 11 is 0. The molecule has 2 rings (SSSR count). The second-order valence-corrected chi connectivity index (χ2v) is 3.92. The number of fused-ring (bicyclic) bond motifs is 1. The fourth-order valence-electron chi connectivity index (χ4n) is 1.96. The van der Waals surface area contributed by atoms with Crippen LogP contribution in [0.25, 0.3) is 10.9 Å². The van der Waals surface area contributed by atoms with Gasteiger partial charge < -0.3 is 10.1 Å². The summed E-state index contributed by atoms with van der Waals surface area (Å²) in [6, 6.07) is 4.26. The SMILES string of the molecule is Cc1cc(C)c2[nH]cc(C(C)O)c2c1. The third kappa shape index (κ3) is 1.32. The number of aromatic nitrogens is 1. The minimum atomic E-state index is -0.412. The highest BCUT2D eigenvalue weighted by atomic mass is 16.3. The fraction of sp³-hybridized carbons (Fsp3) is 0.333. The van der Waals surface area contributed by atoms with Crippen LogP contribution in [-0.4, -0.2) is 10.1 Å². The van der Waals surface area contributed by atoms with Crippen LogP contribution in [0.2, 0.25) is 0 Å². The quantitative estimate of drug-likeness (QED) is 0.711. The van der Waals surface area contributed by atoms with Gasteiger partial charge in [-0.25, -0.2) is 0 Å². The molecule has 1 heterocycles. The van der Waals surface area contributed by atoms with E-state index in [1.807, 2.05) is 6.20 Å². The number of hydrogen-bond donors (Lipinski definition) is 2. The van der Waals surface area contributed by atoms with Crippen molar-refractivity contribution in [1.82, 2.24) is 4.98 Å². The molecule has 2 nitrogen and oxygen atoms in total. The Morgan fingerprint density at radius 2 is 2.00 bits per heavy atom. The zero-order valence-corrected chi connectivity index (χ0v) is 8.76. The van der Waals surface area contributed by atoms with Gasteiger partial charge in [0, 0.05) is 22.7 Å². The largest absolute Gasteiger partial charge is 0.389 e. The summed E-state index contributed by atoms with van der Waals surface area (Å²) in [6.45, 7) is 5.95. The average Bonchev–Trinajstić information content (AvgIpc) is 2.47. The Hall–Kier alpha value is -1.28. The molecule has 0 aliphatic rings. The summed E-state index contributed by atoms with van der Waals surface area (Å²) in [4.78, 5) is 3.20. The van der Waals surface area contributed by atoms with Crippen LogP contribution in [0.4, 0.5) is 0 Å². The van der Waals surface area contributed by atoms with E-state index in [2.05, 4.69) is 31.0 Å². The molecule has 0 amide bonds. The lowest BCUT2D eigenvalue weighted by Gasteiger charge is -2.03. The molecule has 0 aliphatic heterocycles. The van der Waals surface area contributed by atoms with Crippen LogP contribution in [0.3, 0.4) is 0 Å². The van der Waals surface area contributed by atoms with Gasteiger partial charge in [0.05, 0.1) is 6.10 Å².